The Morgan fingerprint density at radius 1 is 0.267 bits per heavy atom. The molecule has 0 aliphatic heterocycles. The molecule has 0 bridgehead atoms. The summed E-state index contributed by atoms with van der Waals surface area (Å²) in [5.41, 5.74) is 17.0. The van der Waals surface area contributed by atoms with Crippen molar-refractivity contribution in [1.82, 2.24) is 24.1 Å². The van der Waals surface area contributed by atoms with E-state index in [1.54, 1.807) is 0 Å². The molecule has 0 aliphatic carbocycles. The molecule has 0 aliphatic rings. The first-order valence-electron chi connectivity index (χ1n) is 25.4. The second kappa shape index (κ2) is 17.3. The van der Waals surface area contributed by atoms with E-state index in [2.05, 4.69) is 258 Å². The molecule has 4 heterocycles. The van der Waals surface area contributed by atoms with Gasteiger partial charge in [0, 0.05) is 54.7 Å². The first-order valence-corrected chi connectivity index (χ1v) is 25.4. The summed E-state index contributed by atoms with van der Waals surface area (Å²) in [5, 5.41) is 6.59. The topological polar surface area (TPSA) is 61.7 Å². The molecule has 6 nitrogen and oxygen atoms in total. The van der Waals surface area contributed by atoms with Gasteiger partial charge in [0.25, 0.3) is 0 Å². The van der Waals surface area contributed by atoms with Crippen molar-refractivity contribution in [3.05, 3.63) is 261 Å². The maximum absolute atomic E-state index is 7.50. The fourth-order valence-electron chi connectivity index (χ4n) is 11.5. The van der Waals surface area contributed by atoms with E-state index in [0.29, 0.717) is 17.5 Å². The van der Waals surface area contributed by atoms with Gasteiger partial charge in [-0.05, 0) is 81.9 Å². The van der Waals surface area contributed by atoms with Crippen LogP contribution in [-0.4, -0.2) is 24.1 Å². The van der Waals surface area contributed by atoms with E-state index in [4.69, 9.17) is 19.4 Å². The van der Waals surface area contributed by atoms with E-state index in [1.807, 2.05) is 12.1 Å². The molecule has 0 spiro atoms. The molecule has 15 aromatic rings. The molecule has 0 radical (unpaired) electrons. The second-order valence-corrected chi connectivity index (χ2v) is 19.0. The van der Waals surface area contributed by atoms with E-state index in [1.165, 1.54) is 10.9 Å². The molecule has 11 aromatic carbocycles. The molecule has 0 N–H and O–H groups in total. The van der Waals surface area contributed by atoms with Crippen LogP contribution in [0, 0.1) is 0 Å². The third kappa shape index (κ3) is 6.84. The number of benzene rings is 11. The van der Waals surface area contributed by atoms with E-state index in [9.17, 15) is 0 Å². The molecular formula is C69H43N5O. The van der Waals surface area contributed by atoms with Crippen molar-refractivity contribution in [2.75, 3.05) is 0 Å². The number of para-hydroxylation sites is 3. The number of nitrogens with zero attached hydrogens (tertiary/aromatic N) is 5. The highest BCUT2D eigenvalue weighted by molar-refractivity contribution is 6.26. The van der Waals surface area contributed by atoms with Crippen molar-refractivity contribution in [3.8, 4) is 78.9 Å². The van der Waals surface area contributed by atoms with Gasteiger partial charge in [-0.25, -0.2) is 15.0 Å². The van der Waals surface area contributed by atoms with Crippen LogP contribution in [0.3, 0.4) is 0 Å². The predicted molar refractivity (Wildman–Crippen MR) is 308 cm³/mol. The lowest BCUT2D eigenvalue weighted by molar-refractivity contribution is 0.673. The van der Waals surface area contributed by atoms with Crippen LogP contribution in [0.4, 0.5) is 0 Å². The third-order valence-electron chi connectivity index (χ3n) is 14.8. The molecule has 0 saturated heterocycles. The van der Waals surface area contributed by atoms with Crippen LogP contribution in [-0.2, 0) is 0 Å². The SMILES string of the molecule is c1ccc(-c2cccc(-n3c4ccccc4c4ccc5c6ccc7c8ccccc8n(-c8ccccc8-c8nc(-c9ccccc9-c9ccccc9)nc(-c9ccccc9-c9ccccc9)n8)c7c6oc5c43)c2)cc1. The molecule has 6 heteroatoms. The van der Waals surface area contributed by atoms with Crippen molar-refractivity contribution < 1.29 is 4.42 Å². The van der Waals surface area contributed by atoms with Crippen LogP contribution < -0.4 is 0 Å². The molecule has 0 saturated carbocycles. The van der Waals surface area contributed by atoms with E-state index in [0.717, 1.165) is 116 Å². The molecule has 4 aromatic heterocycles. The second-order valence-electron chi connectivity index (χ2n) is 19.0. The van der Waals surface area contributed by atoms with Crippen molar-refractivity contribution in [3.63, 3.8) is 0 Å². The van der Waals surface area contributed by atoms with E-state index in [-0.39, 0.29) is 0 Å². The normalized spacial score (nSPS) is 11.7. The van der Waals surface area contributed by atoms with Crippen molar-refractivity contribution in [1.29, 1.82) is 0 Å². The summed E-state index contributed by atoms with van der Waals surface area (Å²) in [6, 6.07) is 91.9. The molecule has 75 heavy (non-hydrogen) atoms. The molecule has 350 valence electrons. The first-order chi connectivity index (χ1) is 37.2. The Kier molecular flexibility index (Phi) is 9.78. The first kappa shape index (κ1) is 42.5. The quantitative estimate of drug-likeness (QED) is 0.152. The zero-order valence-corrected chi connectivity index (χ0v) is 40.5. The van der Waals surface area contributed by atoms with Gasteiger partial charge in [-0.15, -0.1) is 0 Å². The lowest BCUT2D eigenvalue weighted by atomic mass is 9.98. The minimum absolute atomic E-state index is 0.558. The summed E-state index contributed by atoms with van der Waals surface area (Å²) < 4.78 is 12.2. The Morgan fingerprint density at radius 2 is 0.667 bits per heavy atom. The average molecular weight is 958 g/mol. The fraction of sp³-hybridized carbons (Fsp3) is 0. The molecular weight excluding hydrogens is 915 g/mol. The monoisotopic (exact) mass is 957 g/mol. The van der Waals surface area contributed by atoms with Gasteiger partial charge in [0.05, 0.1) is 27.8 Å². The van der Waals surface area contributed by atoms with Gasteiger partial charge in [0.1, 0.15) is 0 Å². The summed E-state index contributed by atoms with van der Waals surface area (Å²) in [6.07, 6.45) is 0. The highest BCUT2D eigenvalue weighted by Gasteiger charge is 2.26. The van der Waals surface area contributed by atoms with Crippen molar-refractivity contribution in [2.45, 2.75) is 0 Å². The Hall–Kier alpha value is -10.2. The predicted octanol–water partition coefficient (Wildman–Crippen LogP) is 18.0. The van der Waals surface area contributed by atoms with Crippen LogP contribution >= 0.6 is 0 Å². The van der Waals surface area contributed by atoms with Crippen LogP contribution in [0.1, 0.15) is 0 Å². The Morgan fingerprint density at radius 3 is 1.23 bits per heavy atom. The van der Waals surface area contributed by atoms with E-state index < -0.39 is 0 Å². The Bertz CT molecular complexity index is 4600. The van der Waals surface area contributed by atoms with E-state index >= 15 is 0 Å². The molecule has 0 atom stereocenters. The Labute approximate surface area is 431 Å². The number of fused-ring (bicyclic) bond motifs is 11. The van der Waals surface area contributed by atoms with Crippen LogP contribution in [0.2, 0.25) is 0 Å². The lowest BCUT2D eigenvalue weighted by Gasteiger charge is -2.16. The molecule has 15 rings (SSSR count). The minimum Gasteiger partial charge on any atom is -0.452 e. The van der Waals surface area contributed by atoms with Crippen molar-refractivity contribution in [2.24, 2.45) is 0 Å². The van der Waals surface area contributed by atoms with Crippen LogP contribution in [0.15, 0.2) is 265 Å². The summed E-state index contributed by atoms with van der Waals surface area (Å²) in [6.45, 7) is 0. The zero-order valence-electron chi connectivity index (χ0n) is 40.5. The smallest absolute Gasteiger partial charge is 0.166 e. The number of aromatic nitrogens is 5. The summed E-state index contributed by atoms with van der Waals surface area (Å²) >= 11 is 0. The van der Waals surface area contributed by atoms with Gasteiger partial charge in [0.15, 0.2) is 28.6 Å². The van der Waals surface area contributed by atoms with Crippen molar-refractivity contribution >= 4 is 65.6 Å². The maximum Gasteiger partial charge on any atom is 0.166 e. The number of rotatable bonds is 8. The van der Waals surface area contributed by atoms with Gasteiger partial charge in [-0.2, -0.15) is 0 Å². The zero-order chi connectivity index (χ0) is 49.4. The fourth-order valence-corrected chi connectivity index (χ4v) is 11.5. The summed E-state index contributed by atoms with van der Waals surface area (Å²) in [4.78, 5) is 16.3. The average Bonchev–Trinajstić information content (AvgIpc) is 4.24. The van der Waals surface area contributed by atoms with Gasteiger partial charge in [-0.3, -0.25) is 0 Å². The highest BCUT2D eigenvalue weighted by atomic mass is 16.3. The third-order valence-corrected chi connectivity index (χ3v) is 14.8. The molecule has 0 unspecified atom stereocenters. The lowest BCUT2D eigenvalue weighted by Crippen LogP contribution is -2.04. The maximum atomic E-state index is 7.50. The summed E-state index contributed by atoms with van der Waals surface area (Å²) in [7, 11) is 0. The number of hydrogen-bond donors (Lipinski definition) is 0. The van der Waals surface area contributed by atoms with Gasteiger partial charge in [0.2, 0.25) is 0 Å². The highest BCUT2D eigenvalue weighted by Crippen LogP contribution is 2.46. The number of furan rings is 1. The summed E-state index contributed by atoms with van der Waals surface area (Å²) in [5.74, 6) is 1.73. The van der Waals surface area contributed by atoms with Crippen LogP contribution in [0.5, 0.6) is 0 Å². The molecule has 0 amide bonds. The standard InChI is InChI=1S/C69H43N5O/c1-4-21-44(22-5-1)47-27-20-28-48(43-47)73-60-36-17-14-31-51(60)53-39-41-55-56-42-40-54-52-32-15-18-37-61(52)74(64(54)66(56)75-65(55)63(53)73)62-38-19-16-35-59(62)69-71-67(57-33-12-10-29-49(57)45-23-6-2-7-24-45)70-68(72-69)58-34-13-11-30-50(58)46-25-8-3-9-26-46/h1-43H. The number of hydrogen-bond acceptors (Lipinski definition) is 4. The van der Waals surface area contributed by atoms with Gasteiger partial charge >= 0.3 is 0 Å². The van der Waals surface area contributed by atoms with Gasteiger partial charge in [-0.1, -0.05) is 212 Å². The minimum atomic E-state index is 0.558. The Balaban J connectivity index is 0.999. The van der Waals surface area contributed by atoms with Gasteiger partial charge < -0.3 is 13.6 Å². The molecule has 0 fully saturated rings. The largest absolute Gasteiger partial charge is 0.452 e. The van der Waals surface area contributed by atoms with Crippen LogP contribution in [0.25, 0.3) is 144 Å².